The SMILES string of the molecule is Cc1cc2c(Nc3cccc(O)c3)nc(-c3cccnc3)nc2s1. The maximum absolute atomic E-state index is 9.66. The monoisotopic (exact) mass is 334 g/mol. The molecule has 0 aliphatic rings. The lowest BCUT2D eigenvalue weighted by atomic mass is 10.2. The number of phenolic OH excluding ortho intramolecular Hbond substituents is 1. The molecular formula is C18H14N4OS. The first-order chi connectivity index (χ1) is 11.7. The van der Waals surface area contributed by atoms with Gasteiger partial charge in [-0.1, -0.05) is 6.07 Å². The van der Waals surface area contributed by atoms with E-state index in [0.29, 0.717) is 11.6 Å². The van der Waals surface area contributed by atoms with E-state index in [4.69, 9.17) is 0 Å². The molecule has 0 amide bonds. The summed E-state index contributed by atoms with van der Waals surface area (Å²) in [5.41, 5.74) is 1.64. The van der Waals surface area contributed by atoms with Crippen LogP contribution in [0.2, 0.25) is 0 Å². The van der Waals surface area contributed by atoms with Crippen LogP contribution >= 0.6 is 11.3 Å². The van der Waals surface area contributed by atoms with Crippen molar-refractivity contribution in [1.82, 2.24) is 15.0 Å². The van der Waals surface area contributed by atoms with Gasteiger partial charge in [0.25, 0.3) is 0 Å². The molecule has 0 fully saturated rings. The van der Waals surface area contributed by atoms with E-state index in [0.717, 1.165) is 21.5 Å². The zero-order chi connectivity index (χ0) is 16.5. The van der Waals surface area contributed by atoms with Gasteiger partial charge >= 0.3 is 0 Å². The topological polar surface area (TPSA) is 70.9 Å². The van der Waals surface area contributed by atoms with Crippen molar-refractivity contribution in [3.8, 4) is 17.1 Å². The van der Waals surface area contributed by atoms with E-state index in [1.807, 2.05) is 25.1 Å². The fourth-order valence-corrected chi connectivity index (χ4v) is 3.36. The van der Waals surface area contributed by atoms with Gasteiger partial charge in [0.05, 0.1) is 5.39 Å². The fourth-order valence-electron chi connectivity index (χ4n) is 2.48. The zero-order valence-electron chi connectivity index (χ0n) is 12.9. The van der Waals surface area contributed by atoms with Gasteiger partial charge in [0.1, 0.15) is 16.4 Å². The van der Waals surface area contributed by atoms with Gasteiger partial charge < -0.3 is 10.4 Å². The number of phenols is 1. The summed E-state index contributed by atoms with van der Waals surface area (Å²) in [4.78, 5) is 15.6. The lowest BCUT2D eigenvalue weighted by molar-refractivity contribution is 0.475. The molecule has 118 valence electrons. The van der Waals surface area contributed by atoms with Gasteiger partial charge in [-0.15, -0.1) is 11.3 Å². The summed E-state index contributed by atoms with van der Waals surface area (Å²) >= 11 is 1.63. The molecular weight excluding hydrogens is 320 g/mol. The Labute approximate surface area is 142 Å². The maximum Gasteiger partial charge on any atom is 0.164 e. The Kier molecular flexibility index (Phi) is 3.59. The first kappa shape index (κ1) is 14.6. The standard InChI is InChI=1S/C18H14N4OS/c1-11-8-15-17(20-13-5-2-6-14(23)9-13)21-16(22-18(15)24-11)12-4-3-7-19-10-12/h2-10,23H,1H3,(H,20,21,22). The Morgan fingerprint density at radius 2 is 2.00 bits per heavy atom. The Balaban J connectivity index is 1.86. The largest absolute Gasteiger partial charge is 0.508 e. The number of aromatic hydroxyl groups is 1. The van der Waals surface area contributed by atoms with Crippen molar-refractivity contribution in [2.24, 2.45) is 0 Å². The van der Waals surface area contributed by atoms with Crippen LogP contribution in [0.1, 0.15) is 4.88 Å². The Morgan fingerprint density at radius 3 is 2.79 bits per heavy atom. The molecule has 0 bridgehead atoms. The van der Waals surface area contributed by atoms with Crippen LogP contribution in [0.25, 0.3) is 21.6 Å². The summed E-state index contributed by atoms with van der Waals surface area (Å²) in [6, 6.07) is 12.8. The summed E-state index contributed by atoms with van der Waals surface area (Å²) in [5, 5.41) is 13.9. The number of aromatic nitrogens is 3. The molecule has 0 radical (unpaired) electrons. The number of nitrogens with one attached hydrogen (secondary N) is 1. The number of fused-ring (bicyclic) bond motifs is 1. The van der Waals surface area contributed by atoms with E-state index < -0.39 is 0 Å². The third-order valence-electron chi connectivity index (χ3n) is 3.54. The molecule has 4 aromatic rings. The van der Waals surface area contributed by atoms with Gasteiger partial charge in [0.15, 0.2) is 5.82 Å². The number of pyridine rings is 1. The Hall–Kier alpha value is -2.99. The molecule has 0 aliphatic heterocycles. The van der Waals surface area contributed by atoms with E-state index >= 15 is 0 Å². The Morgan fingerprint density at radius 1 is 1.08 bits per heavy atom. The quantitative estimate of drug-likeness (QED) is 0.577. The number of nitrogens with zero attached hydrogens (tertiary/aromatic N) is 3. The summed E-state index contributed by atoms with van der Waals surface area (Å²) in [5.74, 6) is 1.55. The average molecular weight is 334 g/mol. The normalized spacial score (nSPS) is 10.9. The number of hydrogen-bond acceptors (Lipinski definition) is 6. The van der Waals surface area contributed by atoms with Crippen molar-refractivity contribution in [2.45, 2.75) is 6.92 Å². The van der Waals surface area contributed by atoms with Gasteiger partial charge in [-0.2, -0.15) is 0 Å². The van der Waals surface area contributed by atoms with E-state index in [9.17, 15) is 5.11 Å². The van der Waals surface area contributed by atoms with Crippen LogP contribution in [0.4, 0.5) is 11.5 Å². The van der Waals surface area contributed by atoms with Crippen LogP contribution < -0.4 is 5.32 Å². The van der Waals surface area contributed by atoms with Crippen molar-refractivity contribution < 1.29 is 5.11 Å². The average Bonchev–Trinajstić information content (AvgIpc) is 2.96. The number of aryl methyl sites for hydroxylation is 1. The second kappa shape index (κ2) is 5.90. The second-order valence-corrected chi connectivity index (χ2v) is 6.62. The molecule has 3 heterocycles. The minimum Gasteiger partial charge on any atom is -0.508 e. The molecule has 0 saturated heterocycles. The van der Waals surface area contributed by atoms with Crippen LogP contribution in [-0.2, 0) is 0 Å². The highest BCUT2D eigenvalue weighted by molar-refractivity contribution is 7.18. The first-order valence-electron chi connectivity index (χ1n) is 7.44. The molecule has 0 saturated carbocycles. The van der Waals surface area contributed by atoms with E-state index in [1.54, 1.807) is 41.9 Å². The van der Waals surface area contributed by atoms with Crippen LogP contribution in [0.15, 0.2) is 54.9 Å². The van der Waals surface area contributed by atoms with Crippen LogP contribution in [-0.4, -0.2) is 20.1 Å². The van der Waals surface area contributed by atoms with Crippen LogP contribution in [0.3, 0.4) is 0 Å². The summed E-state index contributed by atoms with van der Waals surface area (Å²) < 4.78 is 0. The lowest BCUT2D eigenvalue weighted by Crippen LogP contribution is -1.98. The van der Waals surface area contributed by atoms with Crippen molar-refractivity contribution in [2.75, 3.05) is 5.32 Å². The van der Waals surface area contributed by atoms with Crippen molar-refractivity contribution in [3.63, 3.8) is 0 Å². The molecule has 4 rings (SSSR count). The van der Waals surface area contributed by atoms with Crippen LogP contribution in [0.5, 0.6) is 5.75 Å². The first-order valence-corrected chi connectivity index (χ1v) is 8.25. The molecule has 1 aromatic carbocycles. The molecule has 0 aliphatic carbocycles. The number of anilines is 2. The molecule has 6 heteroatoms. The van der Waals surface area contributed by atoms with E-state index in [-0.39, 0.29) is 5.75 Å². The molecule has 0 spiro atoms. The highest BCUT2D eigenvalue weighted by atomic mass is 32.1. The smallest absolute Gasteiger partial charge is 0.164 e. The summed E-state index contributed by atoms with van der Waals surface area (Å²) in [7, 11) is 0. The second-order valence-electron chi connectivity index (χ2n) is 5.39. The van der Waals surface area contributed by atoms with Gasteiger partial charge in [-0.05, 0) is 37.3 Å². The van der Waals surface area contributed by atoms with Gasteiger partial charge in [0.2, 0.25) is 0 Å². The summed E-state index contributed by atoms with van der Waals surface area (Å²) in [6.45, 7) is 2.05. The maximum atomic E-state index is 9.66. The minimum absolute atomic E-state index is 0.208. The van der Waals surface area contributed by atoms with Gasteiger partial charge in [0, 0.05) is 34.6 Å². The minimum atomic E-state index is 0.208. The summed E-state index contributed by atoms with van der Waals surface area (Å²) in [6.07, 6.45) is 3.48. The van der Waals surface area contributed by atoms with E-state index in [1.165, 1.54) is 4.88 Å². The van der Waals surface area contributed by atoms with Crippen molar-refractivity contribution in [1.29, 1.82) is 0 Å². The highest BCUT2D eigenvalue weighted by Gasteiger charge is 2.12. The number of hydrogen-bond donors (Lipinski definition) is 2. The molecule has 2 N–H and O–H groups in total. The van der Waals surface area contributed by atoms with E-state index in [2.05, 4.69) is 26.3 Å². The molecule has 3 aromatic heterocycles. The fraction of sp³-hybridized carbons (Fsp3) is 0.0556. The number of thiophene rings is 1. The lowest BCUT2D eigenvalue weighted by Gasteiger charge is -2.09. The van der Waals surface area contributed by atoms with Crippen molar-refractivity contribution in [3.05, 3.63) is 59.7 Å². The van der Waals surface area contributed by atoms with Crippen LogP contribution in [0, 0.1) is 6.92 Å². The number of rotatable bonds is 3. The molecule has 5 nitrogen and oxygen atoms in total. The molecule has 0 unspecified atom stereocenters. The zero-order valence-corrected chi connectivity index (χ0v) is 13.7. The van der Waals surface area contributed by atoms with Crippen molar-refractivity contribution >= 4 is 33.1 Å². The Bertz CT molecular complexity index is 1010. The van der Waals surface area contributed by atoms with Gasteiger partial charge in [-0.3, -0.25) is 4.98 Å². The molecule has 0 atom stereocenters. The predicted octanol–water partition coefficient (Wildman–Crippen LogP) is 4.51. The predicted molar refractivity (Wildman–Crippen MR) is 96.8 cm³/mol. The third kappa shape index (κ3) is 2.79. The number of benzene rings is 1. The molecule has 24 heavy (non-hydrogen) atoms. The van der Waals surface area contributed by atoms with Gasteiger partial charge in [-0.25, -0.2) is 9.97 Å². The highest BCUT2D eigenvalue weighted by Crippen LogP contribution is 2.32. The third-order valence-corrected chi connectivity index (χ3v) is 4.49.